The average Bonchev–Trinajstić information content (AvgIpc) is 3.00. The van der Waals surface area contributed by atoms with E-state index in [2.05, 4.69) is 36.5 Å². The van der Waals surface area contributed by atoms with E-state index in [-0.39, 0.29) is 5.91 Å². The molecule has 0 fully saturated rings. The first-order chi connectivity index (χ1) is 10.7. The van der Waals surface area contributed by atoms with Gasteiger partial charge >= 0.3 is 0 Å². The van der Waals surface area contributed by atoms with Gasteiger partial charge in [-0.25, -0.2) is 0 Å². The molecule has 2 aliphatic rings. The third-order valence-electron chi connectivity index (χ3n) is 4.66. The van der Waals surface area contributed by atoms with E-state index in [1.807, 2.05) is 17.0 Å². The van der Waals surface area contributed by atoms with Crippen molar-refractivity contribution in [2.75, 3.05) is 23.3 Å². The third-order valence-corrected chi connectivity index (χ3v) is 4.66. The Kier molecular flexibility index (Phi) is 3.14. The number of aryl methyl sites for hydroxylation is 2. The van der Waals surface area contributed by atoms with Gasteiger partial charge in [-0.15, -0.1) is 0 Å². The Morgan fingerprint density at radius 2 is 2.00 bits per heavy atom. The molecule has 0 aliphatic carbocycles. The maximum absolute atomic E-state index is 13.0. The van der Waals surface area contributed by atoms with Gasteiger partial charge in [0.05, 0.1) is 0 Å². The maximum atomic E-state index is 13.0. The first-order valence-corrected chi connectivity index (χ1v) is 8.00. The molecule has 112 valence electrons. The van der Waals surface area contributed by atoms with E-state index in [4.69, 9.17) is 0 Å². The molecule has 3 nitrogen and oxygen atoms in total. The number of benzene rings is 2. The van der Waals surface area contributed by atoms with Crippen LogP contribution in [-0.4, -0.2) is 19.0 Å². The van der Waals surface area contributed by atoms with E-state index in [0.717, 1.165) is 43.6 Å². The van der Waals surface area contributed by atoms with Crippen molar-refractivity contribution in [2.24, 2.45) is 0 Å². The summed E-state index contributed by atoms with van der Waals surface area (Å²) in [6, 6.07) is 12.4. The van der Waals surface area contributed by atoms with Gasteiger partial charge in [-0.2, -0.15) is 0 Å². The lowest BCUT2D eigenvalue weighted by Crippen LogP contribution is -2.35. The number of nitrogens with zero attached hydrogens (tertiary/aromatic N) is 1. The van der Waals surface area contributed by atoms with Gasteiger partial charge < -0.3 is 10.2 Å². The normalized spacial score (nSPS) is 16.0. The molecular weight excluding hydrogens is 272 g/mol. The van der Waals surface area contributed by atoms with E-state index in [9.17, 15) is 4.79 Å². The van der Waals surface area contributed by atoms with Crippen LogP contribution in [0.4, 0.5) is 11.4 Å². The zero-order valence-corrected chi connectivity index (χ0v) is 12.9. The number of anilines is 2. The van der Waals surface area contributed by atoms with Crippen LogP contribution in [0.1, 0.15) is 33.5 Å². The van der Waals surface area contributed by atoms with Gasteiger partial charge in [-0.1, -0.05) is 17.7 Å². The summed E-state index contributed by atoms with van der Waals surface area (Å²) in [6.07, 6.45) is 3.11. The van der Waals surface area contributed by atoms with Crippen LogP contribution in [0.2, 0.25) is 0 Å². The highest BCUT2D eigenvalue weighted by atomic mass is 16.2. The topological polar surface area (TPSA) is 32.3 Å². The Morgan fingerprint density at radius 3 is 2.91 bits per heavy atom. The third kappa shape index (κ3) is 2.17. The molecule has 0 saturated carbocycles. The summed E-state index contributed by atoms with van der Waals surface area (Å²) in [7, 11) is 0. The molecule has 2 aromatic carbocycles. The lowest BCUT2D eigenvalue weighted by atomic mass is 9.98. The fourth-order valence-corrected chi connectivity index (χ4v) is 3.53. The molecule has 1 N–H and O–H groups in total. The van der Waals surface area contributed by atoms with Crippen LogP contribution < -0.4 is 10.2 Å². The highest BCUT2D eigenvalue weighted by molar-refractivity contribution is 6.07. The van der Waals surface area contributed by atoms with E-state index < -0.39 is 0 Å². The standard InChI is InChI=1S/C19H20N2O/c1-13-4-7-18-15(11-13)3-2-10-21(18)19(22)16-5-6-17-14(12-16)8-9-20-17/h4-7,11-12,20H,2-3,8-10H2,1H3. The van der Waals surface area contributed by atoms with E-state index in [0.29, 0.717) is 0 Å². The Morgan fingerprint density at radius 1 is 1.09 bits per heavy atom. The second kappa shape index (κ2) is 5.16. The summed E-state index contributed by atoms with van der Waals surface area (Å²) in [5.41, 5.74) is 6.87. The van der Waals surface area contributed by atoms with Crippen molar-refractivity contribution in [3.05, 3.63) is 58.7 Å². The fraction of sp³-hybridized carbons (Fsp3) is 0.316. The van der Waals surface area contributed by atoms with Gasteiger partial charge in [0.1, 0.15) is 0 Å². The van der Waals surface area contributed by atoms with Crippen LogP contribution in [-0.2, 0) is 12.8 Å². The first kappa shape index (κ1) is 13.4. The molecule has 2 aliphatic heterocycles. The van der Waals surface area contributed by atoms with Crippen molar-refractivity contribution in [1.29, 1.82) is 0 Å². The van der Waals surface area contributed by atoms with Crippen LogP contribution in [0.3, 0.4) is 0 Å². The fourth-order valence-electron chi connectivity index (χ4n) is 3.53. The zero-order valence-electron chi connectivity index (χ0n) is 12.9. The summed E-state index contributed by atoms with van der Waals surface area (Å²) in [6.45, 7) is 3.89. The van der Waals surface area contributed by atoms with Crippen LogP contribution in [0.15, 0.2) is 36.4 Å². The van der Waals surface area contributed by atoms with Crippen molar-refractivity contribution < 1.29 is 4.79 Å². The van der Waals surface area contributed by atoms with Crippen LogP contribution in [0.25, 0.3) is 0 Å². The molecule has 3 heteroatoms. The average molecular weight is 292 g/mol. The molecule has 0 spiro atoms. The molecule has 2 heterocycles. The second-order valence-electron chi connectivity index (χ2n) is 6.24. The number of amides is 1. The SMILES string of the molecule is Cc1ccc2c(c1)CCCN2C(=O)c1ccc2c(c1)CCN2. The Bertz CT molecular complexity index is 751. The van der Waals surface area contributed by atoms with Gasteiger partial charge in [0.15, 0.2) is 0 Å². The molecule has 0 saturated heterocycles. The molecule has 0 atom stereocenters. The summed E-state index contributed by atoms with van der Waals surface area (Å²) in [4.78, 5) is 14.9. The van der Waals surface area contributed by atoms with E-state index >= 15 is 0 Å². The number of fused-ring (bicyclic) bond motifs is 2. The first-order valence-electron chi connectivity index (χ1n) is 8.00. The van der Waals surface area contributed by atoms with E-state index in [1.54, 1.807) is 0 Å². The van der Waals surface area contributed by atoms with Gasteiger partial charge in [0.25, 0.3) is 5.91 Å². The highest BCUT2D eigenvalue weighted by Crippen LogP contribution is 2.30. The quantitative estimate of drug-likeness (QED) is 0.871. The minimum atomic E-state index is 0.125. The van der Waals surface area contributed by atoms with Crippen molar-refractivity contribution in [2.45, 2.75) is 26.2 Å². The molecule has 0 radical (unpaired) electrons. The zero-order chi connectivity index (χ0) is 15.1. The molecule has 0 aromatic heterocycles. The van der Waals surface area contributed by atoms with Crippen LogP contribution >= 0.6 is 0 Å². The smallest absolute Gasteiger partial charge is 0.258 e. The van der Waals surface area contributed by atoms with Gasteiger partial charge in [0, 0.05) is 30.0 Å². The van der Waals surface area contributed by atoms with Crippen molar-refractivity contribution >= 4 is 17.3 Å². The Labute approximate surface area is 131 Å². The number of hydrogen-bond acceptors (Lipinski definition) is 2. The summed E-state index contributed by atoms with van der Waals surface area (Å²) in [5.74, 6) is 0.125. The predicted molar refractivity (Wildman–Crippen MR) is 89.8 cm³/mol. The minimum Gasteiger partial charge on any atom is -0.384 e. The molecule has 4 rings (SSSR count). The summed E-state index contributed by atoms with van der Waals surface area (Å²) in [5, 5.41) is 3.34. The largest absolute Gasteiger partial charge is 0.384 e. The number of nitrogens with one attached hydrogen (secondary N) is 1. The molecule has 1 amide bonds. The number of carbonyl (C=O) groups is 1. The van der Waals surface area contributed by atoms with Crippen LogP contribution in [0, 0.1) is 6.92 Å². The second-order valence-corrected chi connectivity index (χ2v) is 6.24. The molecule has 0 bridgehead atoms. The lowest BCUT2D eigenvalue weighted by Gasteiger charge is -2.30. The van der Waals surface area contributed by atoms with Crippen molar-refractivity contribution in [1.82, 2.24) is 0 Å². The summed E-state index contributed by atoms with van der Waals surface area (Å²) >= 11 is 0. The van der Waals surface area contributed by atoms with Gasteiger partial charge in [0.2, 0.25) is 0 Å². The van der Waals surface area contributed by atoms with Crippen molar-refractivity contribution in [3.8, 4) is 0 Å². The van der Waals surface area contributed by atoms with Crippen LogP contribution in [0.5, 0.6) is 0 Å². The molecule has 22 heavy (non-hydrogen) atoms. The van der Waals surface area contributed by atoms with Crippen molar-refractivity contribution in [3.63, 3.8) is 0 Å². The highest BCUT2D eigenvalue weighted by Gasteiger charge is 2.24. The van der Waals surface area contributed by atoms with Gasteiger partial charge in [-0.05, 0) is 61.6 Å². The number of carbonyl (C=O) groups excluding carboxylic acids is 1. The molecular formula is C19H20N2O. The van der Waals surface area contributed by atoms with Gasteiger partial charge in [-0.3, -0.25) is 4.79 Å². The predicted octanol–water partition coefficient (Wildman–Crippen LogP) is 3.56. The Hall–Kier alpha value is -2.29. The lowest BCUT2D eigenvalue weighted by molar-refractivity contribution is 0.0985. The number of rotatable bonds is 1. The van der Waals surface area contributed by atoms with E-state index in [1.165, 1.54) is 22.4 Å². The maximum Gasteiger partial charge on any atom is 0.258 e. The number of hydrogen-bond donors (Lipinski definition) is 1. The summed E-state index contributed by atoms with van der Waals surface area (Å²) < 4.78 is 0. The molecule has 0 unspecified atom stereocenters. The minimum absolute atomic E-state index is 0.125. The molecule has 2 aromatic rings. The monoisotopic (exact) mass is 292 g/mol. The Balaban J connectivity index is 1.69.